The fourth-order valence-electron chi connectivity index (χ4n) is 3.90. The summed E-state index contributed by atoms with van der Waals surface area (Å²) in [5.41, 5.74) is 12.6. The van der Waals surface area contributed by atoms with Gasteiger partial charge in [0.1, 0.15) is 5.69 Å². The van der Waals surface area contributed by atoms with E-state index in [9.17, 15) is 44.3 Å². The lowest BCUT2D eigenvalue weighted by molar-refractivity contribution is -0.143. The Labute approximate surface area is 247 Å². The van der Waals surface area contributed by atoms with Gasteiger partial charge in [0.2, 0.25) is 5.96 Å². The van der Waals surface area contributed by atoms with E-state index >= 15 is 0 Å². The van der Waals surface area contributed by atoms with Crippen LogP contribution in [0.1, 0.15) is 61.7 Å². The lowest BCUT2D eigenvalue weighted by Gasteiger charge is -2.36. The van der Waals surface area contributed by atoms with Crippen molar-refractivity contribution < 1.29 is 49.0 Å². The molecule has 246 valence electrons. The summed E-state index contributed by atoms with van der Waals surface area (Å²) in [5.74, 6) is -0.545. The van der Waals surface area contributed by atoms with Crippen molar-refractivity contribution in [2.45, 2.75) is 77.3 Å². The highest BCUT2D eigenvalue weighted by Gasteiger charge is 2.38. The van der Waals surface area contributed by atoms with Crippen molar-refractivity contribution in [2.75, 3.05) is 11.9 Å². The van der Waals surface area contributed by atoms with E-state index in [2.05, 4.69) is 20.8 Å². The number of benzene rings is 1. The number of guanidine groups is 1. The summed E-state index contributed by atoms with van der Waals surface area (Å²) in [6.07, 6.45) is -13.4. The van der Waals surface area contributed by atoms with Gasteiger partial charge in [0.15, 0.2) is 0 Å². The normalized spacial score (nSPS) is 15.4. The smallest absolute Gasteiger partial charge is 0.433 e. The fourth-order valence-corrected chi connectivity index (χ4v) is 3.90. The van der Waals surface area contributed by atoms with Crippen LogP contribution in [0, 0.1) is 5.53 Å². The van der Waals surface area contributed by atoms with Gasteiger partial charge in [-0.15, -0.1) is 5.11 Å². The topological polar surface area (TPSA) is 143 Å². The van der Waals surface area contributed by atoms with E-state index in [1.54, 1.807) is 13.8 Å². The maximum Gasteiger partial charge on any atom is 0.433 e. The van der Waals surface area contributed by atoms with Gasteiger partial charge in [-0.3, -0.25) is 4.90 Å². The van der Waals surface area contributed by atoms with Gasteiger partial charge in [-0.1, -0.05) is 6.92 Å². The van der Waals surface area contributed by atoms with Crippen LogP contribution in [0.3, 0.4) is 0 Å². The number of nitrogens with one attached hydrogen (secondary N) is 1. The van der Waals surface area contributed by atoms with Crippen LogP contribution in [0.5, 0.6) is 0 Å². The van der Waals surface area contributed by atoms with Crippen LogP contribution in [-0.2, 0) is 36.2 Å². The average molecular weight is 646 g/mol. The summed E-state index contributed by atoms with van der Waals surface area (Å²) in [7, 11) is 1.50. The van der Waals surface area contributed by atoms with E-state index in [1.807, 2.05) is 6.92 Å². The van der Waals surface area contributed by atoms with Crippen molar-refractivity contribution in [1.29, 1.82) is 5.53 Å². The van der Waals surface area contributed by atoms with Gasteiger partial charge in [0.05, 0.1) is 35.2 Å². The molecule has 0 bridgehead atoms. The number of aliphatic imine (C=N–C) groups is 1. The van der Waals surface area contributed by atoms with E-state index in [0.29, 0.717) is 42.8 Å². The number of halogens is 9. The maximum absolute atomic E-state index is 12.8. The molecule has 1 aliphatic heterocycles. The van der Waals surface area contributed by atoms with Crippen LogP contribution in [0.2, 0.25) is 0 Å². The second-order valence-electron chi connectivity index (χ2n) is 9.26. The number of carbonyl (C=O) groups excluding carboxylic acids is 1. The summed E-state index contributed by atoms with van der Waals surface area (Å²) < 4.78 is 119. The van der Waals surface area contributed by atoms with Gasteiger partial charge in [-0.05, 0) is 76.1 Å². The molecule has 0 radical (unpaired) electrons. The van der Waals surface area contributed by atoms with E-state index in [0.717, 1.165) is 6.07 Å². The molecule has 44 heavy (non-hydrogen) atoms. The number of aryl methyl sites for hydroxylation is 1. The standard InChI is InChI=1S/C15H19F3N2O2.C10H8F6N4.CH5N/c1-4-10-5-6-11-12(20(10)14(21)22-9(2)3)7-8-13(19-11)15(16,17)18;11-9(12,13)6-1-5(4-19-8(17)20-18)2-7(3-6)10(14,15)16;1-2/h7-10H,4-6H2,1-3H3;1-3,18H,4H2,(H2,17,19);2H2,1H3/t10-;;/m0../s1. The Kier molecular flexibility index (Phi) is 13.6. The molecular formula is C26H32F9N7O2. The number of hydrogen-bond donors (Lipinski definition) is 3. The Morgan fingerprint density at radius 1 is 1.02 bits per heavy atom. The van der Waals surface area contributed by atoms with Crippen LogP contribution in [-0.4, -0.2) is 36.2 Å². The van der Waals surface area contributed by atoms with Gasteiger partial charge in [-0.2, -0.15) is 39.5 Å². The first-order valence-electron chi connectivity index (χ1n) is 12.9. The molecule has 3 rings (SSSR count). The first-order chi connectivity index (χ1) is 20.3. The molecule has 1 atom stereocenters. The number of ether oxygens (including phenoxy) is 1. The molecule has 9 nitrogen and oxygen atoms in total. The van der Waals surface area contributed by atoms with Crippen LogP contribution in [0.15, 0.2) is 40.4 Å². The molecule has 0 saturated carbocycles. The molecule has 2 aromatic rings. The molecule has 5 N–H and O–H groups in total. The quantitative estimate of drug-likeness (QED) is 0.138. The highest BCUT2D eigenvalue weighted by atomic mass is 19.4. The third-order valence-corrected chi connectivity index (χ3v) is 5.77. The average Bonchev–Trinajstić information content (AvgIpc) is 2.94. The number of hydrogen-bond acceptors (Lipinski definition) is 6. The highest BCUT2D eigenvalue weighted by molar-refractivity contribution is 5.89. The Morgan fingerprint density at radius 2 is 1.57 bits per heavy atom. The number of carbonyl (C=O) groups is 1. The maximum atomic E-state index is 12.8. The first kappa shape index (κ1) is 38.1. The van der Waals surface area contributed by atoms with Crippen molar-refractivity contribution >= 4 is 17.7 Å². The van der Waals surface area contributed by atoms with Crippen molar-refractivity contribution in [3.05, 3.63) is 58.4 Å². The number of nitrogens with zero attached hydrogens (tertiary/aromatic N) is 4. The lowest BCUT2D eigenvalue weighted by Crippen LogP contribution is -2.45. The zero-order valence-electron chi connectivity index (χ0n) is 24.0. The predicted octanol–water partition coefficient (Wildman–Crippen LogP) is 7.32. The molecule has 0 saturated heterocycles. The Bertz CT molecular complexity index is 1260. The molecule has 0 aliphatic carbocycles. The number of aromatic nitrogens is 1. The zero-order valence-corrected chi connectivity index (χ0v) is 24.0. The molecule has 1 aromatic carbocycles. The van der Waals surface area contributed by atoms with Crippen molar-refractivity contribution in [2.24, 2.45) is 21.6 Å². The van der Waals surface area contributed by atoms with E-state index in [-0.39, 0.29) is 23.8 Å². The minimum absolute atomic E-state index is 0.0193. The second-order valence-corrected chi connectivity index (χ2v) is 9.26. The second kappa shape index (κ2) is 15.7. The Morgan fingerprint density at radius 3 is 2.00 bits per heavy atom. The Hall–Kier alpha value is -3.96. The molecular weight excluding hydrogens is 613 g/mol. The van der Waals surface area contributed by atoms with Crippen molar-refractivity contribution in [3.8, 4) is 0 Å². The third kappa shape index (κ3) is 10.9. The highest BCUT2D eigenvalue weighted by Crippen LogP contribution is 2.37. The third-order valence-electron chi connectivity index (χ3n) is 5.77. The van der Waals surface area contributed by atoms with E-state index in [1.165, 1.54) is 18.0 Å². The minimum atomic E-state index is -4.91. The van der Waals surface area contributed by atoms with Gasteiger partial charge in [0, 0.05) is 6.04 Å². The van der Waals surface area contributed by atoms with Crippen LogP contribution < -0.4 is 16.4 Å². The van der Waals surface area contributed by atoms with Gasteiger partial charge >= 0.3 is 24.6 Å². The number of amides is 1. The molecule has 1 amide bonds. The largest absolute Gasteiger partial charge is 0.446 e. The number of pyridine rings is 1. The monoisotopic (exact) mass is 645 g/mol. The van der Waals surface area contributed by atoms with Crippen LogP contribution >= 0.6 is 0 Å². The molecule has 0 spiro atoms. The number of anilines is 1. The lowest BCUT2D eigenvalue weighted by atomic mass is 9.98. The van der Waals surface area contributed by atoms with Gasteiger partial charge < -0.3 is 16.2 Å². The van der Waals surface area contributed by atoms with E-state index in [4.69, 9.17) is 16.0 Å². The molecule has 0 unspecified atom stereocenters. The summed E-state index contributed by atoms with van der Waals surface area (Å²) in [6, 6.07) is 3.23. The van der Waals surface area contributed by atoms with Crippen molar-refractivity contribution in [1.82, 2.24) is 4.98 Å². The molecule has 1 aliphatic rings. The van der Waals surface area contributed by atoms with Crippen LogP contribution in [0.4, 0.5) is 50.0 Å². The molecule has 2 heterocycles. The van der Waals surface area contributed by atoms with Crippen LogP contribution in [0.25, 0.3) is 0 Å². The number of nitrogens with two attached hydrogens (primary N) is 2. The fraction of sp³-hybridized carbons (Fsp3) is 0.500. The Balaban J connectivity index is 0.000000419. The summed E-state index contributed by atoms with van der Waals surface area (Å²) >= 11 is 0. The minimum Gasteiger partial charge on any atom is -0.446 e. The SMILES string of the molecule is CC[C@H]1CCc2nc(C(F)(F)F)ccc2N1C(=O)OC(C)C.CN.N=NC(N)=NCc1cc(C(F)(F)F)cc(C(F)(F)F)c1. The van der Waals surface area contributed by atoms with Gasteiger partial charge in [0.25, 0.3) is 0 Å². The summed E-state index contributed by atoms with van der Waals surface area (Å²) in [6.45, 7) is 4.85. The molecule has 0 fully saturated rings. The molecule has 1 aromatic heterocycles. The predicted molar refractivity (Wildman–Crippen MR) is 143 cm³/mol. The van der Waals surface area contributed by atoms with Crippen molar-refractivity contribution in [3.63, 3.8) is 0 Å². The zero-order chi connectivity index (χ0) is 34.0. The molecule has 18 heteroatoms. The first-order valence-corrected chi connectivity index (χ1v) is 12.9. The number of rotatable bonds is 4. The summed E-state index contributed by atoms with van der Waals surface area (Å²) in [5, 5.41) is 2.68. The summed E-state index contributed by atoms with van der Waals surface area (Å²) in [4.78, 5) is 20.8. The number of alkyl halides is 9. The number of fused-ring (bicyclic) bond motifs is 1. The van der Waals surface area contributed by atoms with E-state index < -0.39 is 53.9 Å². The van der Waals surface area contributed by atoms with Gasteiger partial charge in [-0.25, -0.2) is 20.3 Å².